The zero-order valence-corrected chi connectivity index (χ0v) is 18.5. The Kier molecular flexibility index (Phi) is 8.81. The lowest BCUT2D eigenvalue weighted by atomic mass is 10.1. The van der Waals surface area contributed by atoms with Gasteiger partial charge in [0.25, 0.3) is 0 Å². The van der Waals surface area contributed by atoms with Crippen molar-refractivity contribution in [3.63, 3.8) is 0 Å². The first-order chi connectivity index (χ1) is 14.7. The summed E-state index contributed by atoms with van der Waals surface area (Å²) in [6, 6.07) is 9.05. The molecule has 7 heteroatoms. The highest BCUT2D eigenvalue weighted by Crippen LogP contribution is 2.27. The van der Waals surface area contributed by atoms with Crippen LogP contribution in [0, 0.1) is 0 Å². The number of carbonyl (C=O) groups excluding carboxylic acids is 1. The van der Waals surface area contributed by atoms with Crippen molar-refractivity contribution in [2.45, 2.75) is 57.5 Å². The second kappa shape index (κ2) is 11.8. The highest BCUT2D eigenvalue weighted by Gasteiger charge is 2.24. The Morgan fingerprint density at radius 3 is 2.57 bits per heavy atom. The molecule has 1 aliphatic carbocycles. The van der Waals surface area contributed by atoms with Gasteiger partial charge < -0.3 is 20.7 Å². The van der Waals surface area contributed by atoms with Gasteiger partial charge in [-0.2, -0.15) is 0 Å². The number of carbonyl (C=O) groups is 1. The minimum atomic E-state index is 0.162. The van der Waals surface area contributed by atoms with Crippen LogP contribution in [0.25, 0.3) is 0 Å². The molecule has 1 aliphatic heterocycles. The van der Waals surface area contributed by atoms with E-state index in [1.807, 2.05) is 12.1 Å². The molecule has 1 saturated heterocycles. The molecular formula is C23H37N5O2. The molecular weight excluding hydrogens is 378 g/mol. The third kappa shape index (κ3) is 7.20. The summed E-state index contributed by atoms with van der Waals surface area (Å²) in [7, 11) is 1.70. The normalized spacial score (nSPS) is 18.1. The molecule has 3 N–H and O–H groups in total. The molecule has 0 bridgehead atoms. The zero-order chi connectivity index (χ0) is 21.2. The fourth-order valence-electron chi connectivity index (χ4n) is 3.81. The summed E-state index contributed by atoms with van der Waals surface area (Å²) < 4.78 is 5.31. The van der Waals surface area contributed by atoms with Crippen molar-refractivity contribution in [1.29, 1.82) is 0 Å². The number of rotatable bonds is 11. The maximum absolute atomic E-state index is 11.8. The first-order valence-corrected chi connectivity index (χ1v) is 11.4. The van der Waals surface area contributed by atoms with Gasteiger partial charge in [-0.3, -0.25) is 14.7 Å². The van der Waals surface area contributed by atoms with Gasteiger partial charge in [-0.05, 0) is 69.8 Å². The van der Waals surface area contributed by atoms with Gasteiger partial charge in [0.1, 0.15) is 5.75 Å². The van der Waals surface area contributed by atoms with Crippen molar-refractivity contribution < 1.29 is 9.53 Å². The molecule has 0 spiro atoms. The van der Waals surface area contributed by atoms with Crippen molar-refractivity contribution in [3.05, 3.63) is 29.8 Å². The number of likely N-dealkylation sites (tertiary alicyclic amines) is 1. The predicted octanol–water partition coefficient (Wildman–Crippen LogP) is 2.45. The largest absolute Gasteiger partial charge is 0.497 e. The van der Waals surface area contributed by atoms with E-state index in [4.69, 9.17) is 9.73 Å². The van der Waals surface area contributed by atoms with E-state index in [-0.39, 0.29) is 11.9 Å². The minimum absolute atomic E-state index is 0.162. The van der Waals surface area contributed by atoms with Crippen molar-refractivity contribution in [3.8, 4) is 5.75 Å². The van der Waals surface area contributed by atoms with Crippen LogP contribution in [-0.2, 0) is 4.79 Å². The number of amides is 1. The number of hydrogen-bond acceptors (Lipinski definition) is 4. The van der Waals surface area contributed by atoms with Gasteiger partial charge in [-0.1, -0.05) is 12.1 Å². The van der Waals surface area contributed by atoms with Gasteiger partial charge >= 0.3 is 0 Å². The number of aliphatic imine (C=N–C) groups is 1. The maximum atomic E-state index is 11.8. The Morgan fingerprint density at radius 2 is 1.93 bits per heavy atom. The monoisotopic (exact) mass is 415 g/mol. The number of hydrogen-bond donors (Lipinski definition) is 3. The quantitative estimate of drug-likeness (QED) is 0.294. The number of methoxy groups -OCH3 is 1. The van der Waals surface area contributed by atoms with E-state index >= 15 is 0 Å². The summed E-state index contributed by atoms with van der Waals surface area (Å²) in [5.74, 6) is 1.86. The van der Waals surface area contributed by atoms with Gasteiger partial charge in [0, 0.05) is 25.6 Å². The smallest absolute Gasteiger partial charge is 0.220 e. The third-order valence-corrected chi connectivity index (χ3v) is 5.66. The average molecular weight is 416 g/mol. The van der Waals surface area contributed by atoms with Gasteiger partial charge in [-0.15, -0.1) is 0 Å². The van der Waals surface area contributed by atoms with Gasteiger partial charge in [0.2, 0.25) is 5.91 Å². The summed E-state index contributed by atoms with van der Waals surface area (Å²) in [6.45, 7) is 6.55. The van der Waals surface area contributed by atoms with Crippen LogP contribution in [0.5, 0.6) is 5.75 Å². The zero-order valence-electron chi connectivity index (χ0n) is 18.5. The Labute approximate surface area is 180 Å². The van der Waals surface area contributed by atoms with E-state index in [0.29, 0.717) is 19.0 Å². The topological polar surface area (TPSA) is 78.0 Å². The van der Waals surface area contributed by atoms with Crippen LogP contribution in [0.3, 0.4) is 0 Å². The summed E-state index contributed by atoms with van der Waals surface area (Å²) in [4.78, 5) is 19.2. The Morgan fingerprint density at radius 1 is 1.20 bits per heavy atom. The number of benzene rings is 1. The molecule has 3 rings (SSSR count). The molecule has 1 aromatic carbocycles. The standard InChI is InChI=1S/C23H37N5O2/c1-3-24-23(25-14-6-7-22(29)27-19-10-11-19)26-17-21(28-15-4-5-16-28)18-8-12-20(30-2)13-9-18/h8-9,12-13,19,21H,3-7,10-11,14-17H2,1-2H3,(H,27,29)(H2,24,25,26). The summed E-state index contributed by atoms with van der Waals surface area (Å²) in [6.07, 6.45) is 6.12. The summed E-state index contributed by atoms with van der Waals surface area (Å²) in [5.41, 5.74) is 1.27. The van der Waals surface area contributed by atoms with E-state index in [1.54, 1.807) is 7.11 Å². The second-order valence-electron chi connectivity index (χ2n) is 8.12. The van der Waals surface area contributed by atoms with E-state index in [9.17, 15) is 4.79 Å². The lowest BCUT2D eigenvalue weighted by molar-refractivity contribution is -0.121. The highest BCUT2D eigenvalue weighted by molar-refractivity contribution is 5.80. The van der Waals surface area contributed by atoms with Gasteiger partial charge in [0.15, 0.2) is 5.96 Å². The van der Waals surface area contributed by atoms with Crippen molar-refractivity contribution >= 4 is 11.9 Å². The minimum Gasteiger partial charge on any atom is -0.497 e. The predicted molar refractivity (Wildman–Crippen MR) is 121 cm³/mol. The Hall–Kier alpha value is -2.28. The molecule has 2 fully saturated rings. The molecule has 1 atom stereocenters. The maximum Gasteiger partial charge on any atom is 0.220 e. The van der Waals surface area contributed by atoms with Crippen LogP contribution in [0.1, 0.15) is 57.1 Å². The van der Waals surface area contributed by atoms with Crippen LogP contribution in [-0.4, -0.2) is 62.6 Å². The number of nitrogens with one attached hydrogen (secondary N) is 3. The molecule has 0 aromatic heterocycles. The molecule has 2 aliphatic rings. The molecule has 7 nitrogen and oxygen atoms in total. The third-order valence-electron chi connectivity index (χ3n) is 5.66. The molecule has 1 aromatic rings. The molecule has 1 heterocycles. The highest BCUT2D eigenvalue weighted by atomic mass is 16.5. The first kappa shape index (κ1) is 22.4. The fourth-order valence-corrected chi connectivity index (χ4v) is 3.81. The van der Waals surface area contributed by atoms with Gasteiger partial charge in [0.05, 0.1) is 19.7 Å². The molecule has 166 valence electrons. The van der Waals surface area contributed by atoms with Crippen LogP contribution < -0.4 is 20.7 Å². The number of nitrogens with zero attached hydrogens (tertiary/aromatic N) is 2. The molecule has 1 saturated carbocycles. The summed E-state index contributed by atoms with van der Waals surface area (Å²) in [5, 5.41) is 9.75. The van der Waals surface area contributed by atoms with E-state index < -0.39 is 0 Å². The number of guanidine groups is 1. The van der Waals surface area contributed by atoms with Crippen molar-refractivity contribution in [1.82, 2.24) is 20.9 Å². The average Bonchev–Trinajstić information content (AvgIpc) is 3.40. The van der Waals surface area contributed by atoms with E-state index in [1.165, 1.54) is 18.4 Å². The Balaban J connectivity index is 1.54. The number of ether oxygens (including phenoxy) is 1. The van der Waals surface area contributed by atoms with E-state index in [2.05, 4.69) is 39.9 Å². The fraction of sp³-hybridized carbons (Fsp3) is 0.652. The van der Waals surface area contributed by atoms with Crippen molar-refractivity contribution in [2.24, 2.45) is 4.99 Å². The van der Waals surface area contributed by atoms with Crippen LogP contribution in [0.4, 0.5) is 0 Å². The molecule has 1 unspecified atom stereocenters. The first-order valence-electron chi connectivity index (χ1n) is 11.4. The molecule has 30 heavy (non-hydrogen) atoms. The van der Waals surface area contributed by atoms with E-state index in [0.717, 1.165) is 57.2 Å². The molecule has 0 radical (unpaired) electrons. The summed E-state index contributed by atoms with van der Waals surface area (Å²) >= 11 is 0. The van der Waals surface area contributed by atoms with Crippen LogP contribution in [0.15, 0.2) is 29.3 Å². The lowest BCUT2D eigenvalue weighted by Gasteiger charge is -2.27. The second-order valence-corrected chi connectivity index (χ2v) is 8.12. The van der Waals surface area contributed by atoms with Crippen LogP contribution in [0.2, 0.25) is 0 Å². The lowest BCUT2D eigenvalue weighted by Crippen LogP contribution is -2.39. The Bertz CT molecular complexity index is 681. The SMILES string of the molecule is CCNC(=NCC(c1ccc(OC)cc1)N1CCCC1)NCCCC(=O)NC1CC1. The van der Waals surface area contributed by atoms with Crippen molar-refractivity contribution in [2.75, 3.05) is 39.8 Å². The van der Waals surface area contributed by atoms with Crippen LogP contribution >= 0.6 is 0 Å². The van der Waals surface area contributed by atoms with Gasteiger partial charge in [-0.25, -0.2) is 0 Å². The molecule has 1 amide bonds.